The fourth-order valence-corrected chi connectivity index (χ4v) is 2.21. The van der Waals surface area contributed by atoms with Crippen LogP contribution in [-0.4, -0.2) is 15.4 Å². The predicted octanol–water partition coefficient (Wildman–Crippen LogP) is 2.14. The Kier molecular flexibility index (Phi) is 4.21. The van der Waals surface area contributed by atoms with Gasteiger partial charge in [0.15, 0.2) is 4.80 Å². The van der Waals surface area contributed by atoms with Crippen molar-refractivity contribution in [3.63, 3.8) is 0 Å². The van der Waals surface area contributed by atoms with E-state index in [-0.39, 0.29) is 5.69 Å². The molecule has 0 aliphatic carbocycles. The number of benzene rings is 1. The molecule has 2 rings (SSSR count). The lowest BCUT2D eigenvalue weighted by Crippen LogP contribution is -2.11. The number of rotatable bonds is 3. The highest BCUT2D eigenvalue weighted by Crippen LogP contribution is 2.14. The molecule has 7 heteroatoms. The standard InChI is InChI=1S/C13H11N3O3S/c1-15-7-8-20-13(15)14-12(17)6-5-10-3-2-4-11(9-10)16(18)19/h2-9H,1H3/b6-5+,14-13?. The number of hydrogen-bond donors (Lipinski definition) is 0. The summed E-state index contributed by atoms with van der Waals surface area (Å²) in [7, 11) is 1.80. The molecule has 0 aliphatic heterocycles. The molecular formula is C13H11N3O3S. The number of nitro benzene ring substituents is 1. The Balaban J connectivity index is 2.18. The van der Waals surface area contributed by atoms with E-state index in [0.29, 0.717) is 10.4 Å². The molecule has 20 heavy (non-hydrogen) atoms. The normalized spacial score (nSPS) is 11.9. The number of non-ortho nitro benzene ring substituents is 1. The van der Waals surface area contributed by atoms with Gasteiger partial charge in [-0.2, -0.15) is 4.99 Å². The summed E-state index contributed by atoms with van der Waals surface area (Å²) < 4.78 is 1.74. The minimum Gasteiger partial charge on any atom is -0.327 e. The highest BCUT2D eigenvalue weighted by atomic mass is 32.1. The lowest BCUT2D eigenvalue weighted by Gasteiger charge is -1.93. The zero-order valence-electron chi connectivity index (χ0n) is 10.6. The van der Waals surface area contributed by atoms with Gasteiger partial charge in [-0.15, -0.1) is 11.3 Å². The van der Waals surface area contributed by atoms with E-state index in [4.69, 9.17) is 0 Å². The van der Waals surface area contributed by atoms with Crippen molar-refractivity contribution in [3.8, 4) is 0 Å². The van der Waals surface area contributed by atoms with Crippen LogP contribution in [0.25, 0.3) is 6.08 Å². The van der Waals surface area contributed by atoms with Crippen LogP contribution in [0.3, 0.4) is 0 Å². The van der Waals surface area contributed by atoms with E-state index >= 15 is 0 Å². The van der Waals surface area contributed by atoms with Gasteiger partial charge < -0.3 is 4.57 Å². The molecule has 1 aromatic carbocycles. The van der Waals surface area contributed by atoms with Crippen molar-refractivity contribution in [2.45, 2.75) is 0 Å². The van der Waals surface area contributed by atoms with Crippen LogP contribution in [0.15, 0.2) is 46.9 Å². The second-order valence-electron chi connectivity index (χ2n) is 3.93. The molecule has 0 saturated carbocycles. The second-order valence-corrected chi connectivity index (χ2v) is 4.80. The first-order chi connectivity index (χ1) is 9.56. The summed E-state index contributed by atoms with van der Waals surface area (Å²) in [6.45, 7) is 0. The van der Waals surface area contributed by atoms with Gasteiger partial charge in [0, 0.05) is 36.8 Å². The molecule has 0 radical (unpaired) electrons. The Morgan fingerprint density at radius 1 is 1.50 bits per heavy atom. The number of aromatic nitrogens is 1. The number of carbonyl (C=O) groups excluding carboxylic acids is 1. The predicted molar refractivity (Wildman–Crippen MR) is 76.0 cm³/mol. The van der Waals surface area contributed by atoms with Gasteiger partial charge in [0.1, 0.15) is 0 Å². The van der Waals surface area contributed by atoms with E-state index in [0.717, 1.165) is 0 Å². The van der Waals surface area contributed by atoms with Gasteiger partial charge in [-0.3, -0.25) is 14.9 Å². The van der Waals surface area contributed by atoms with Gasteiger partial charge >= 0.3 is 0 Å². The first-order valence-electron chi connectivity index (χ1n) is 5.67. The summed E-state index contributed by atoms with van der Waals surface area (Å²) in [5, 5.41) is 12.5. The Morgan fingerprint density at radius 3 is 2.95 bits per heavy atom. The van der Waals surface area contributed by atoms with Crippen molar-refractivity contribution in [1.82, 2.24) is 4.57 Å². The van der Waals surface area contributed by atoms with E-state index in [2.05, 4.69) is 4.99 Å². The maximum Gasteiger partial charge on any atom is 0.272 e. The smallest absolute Gasteiger partial charge is 0.272 e. The van der Waals surface area contributed by atoms with Crippen molar-refractivity contribution in [3.05, 3.63) is 62.4 Å². The number of amides is 1. The first kappa shape index (κ1) is 13.9. The molecule has 0 bridgehead atoms. The van der Waals surface area contributed by atoms with Crippen LogP contribution in [0, 0.1) is 10.1 Å². The molecule has 1 aromatic heterocycles. The van der Waals surface area contributed by atoms with E-state index in [1.807, 2.05) is 5.38 Å². The second kappa shape index (κ2) is 6.07. The van der Waals surface area contributed by atoms with Crippen LogP contribution in [0.1, 0.15) is 5.56 Å². The summed E-state index contributed by atoms with van der Waals surface area (Å²) in [5.41, 5.74) is 0.569. The summed E-state index contributed by atoms with van der Waals surface area (Å²) in [5.74, 6) is -0.408. The molecule has 0 spiro atoms. The minimum absolute atomic E-state index is 0.0128. The highest BCUT2D eigenvalue weighted by molar-refractivity contribution is 7.07. The zero-order valence-corrected chi connectivity index (χ0v) is 11.4. The maximum atomic E-state index is 11.7. The molecule has 6 nitrogen and oxygen atoms in total. The van der Waals surface area contributed by atoms with Crippen molar-refractivity contribution < 1.29 is 9.72 Å². The number of aryl methyl sites for hydroxylation is 1. The van der Waals surface area contributed by atoms with Crippen LogP contribution < -0.4 is 4.80 Å². The molecule has 0 saturated heterocycles. The average Bonchev–Trinajstić information content (AvgIpc) is 2.82. The van der Waals surface area contributed by atoms with Gasteiger partial charge in [-0.25, -0.2) is 0 Å². The van der Waals surface area contributed by atoms with Crippen LogP contribution in [-0.2, 0) is 11.8 Å². The molecule has 0 atom stereocenters. The van der Waals surface area contributed by atoms with Gasteiger partial charge in [-0.1, -0.05) is 12.1 Å². The van der Waals surface area contributed by atoms with Crippen LogP contribution >= 0.6 is 11.3 Å². The molecule has 0 unspecified atom stereocenters. The number of carbonyl (C=O) groups is 1. The summed E-state index contributed by atoms with van der Waals surface area (Å²) in [6, 6.07) is 6.05. The largest absolute Gasteiger partial charge is 0.327 e. The van der Waals surface area contributed by atoms with Crippen molar-refractivity contribution in [2.75, 3.05) is 0 Å². The maximum absolute atomic E-state index is 11.7. The van der Waals surface area contributed by atoms with Gasteiger partial charge in [-0.05, 0) is 11.6 Å². The number of nitrogens with zero attached hydrogens (tertiary/aromatic N) is 3. The number of hydrogen-bond acceptors (Lipinski definition) is 4. The highest BCUT2D eigenvalue weighted by Gasteiger charge is 2.03. The van der Waals surface area contributed by atoms with Gasteiger partial charge in [0.25, 0.3) is 11.6 Å². The first-order valence-corrected chi connectivity index (χ1v) is 6.55. The summed E-state index contributed by atoms with van der Waals surface area (Å²) in [4.78, 5) is 26.3. The molecule has 1 heterocycles. The molecule has 1 amide bonds. The Hall–Kier alpha value is -2.54. The van der Waals surface area contributed by atoms with E-state index in [1.54, 1.807) is 29.9 Å². The third-order valence-electron chi connectivity index (χ3n) is 2.46. The molecule has 2 aromatic rings. The quantitative estimate of drug-likeness (QED) is 0.493. The lowest BCUT2D eigenvalue weighted by molar-refractivity contribution is -0.384. The van der Waals surface area contributed by atoms with Crippen molar-refractivity contribution >= 4 is 29.0 Å². The molecule has 0 N–H and O–H groups in total. The Bertz CT molecular complexity index is 743. The van der Waals surface area contributed by atoms with Crippen molar-refractivity contribution in [2.24, 2.45) is 12.0 Å². The third-order valence-corrected chi connectivity index (χ3v) is 3.31. The van der Waals surface area contributed by atoms with Gasteiger partial charge in [0.2, 0.25) is 0 Å². The summed E-state index contributed by atoms with van der Waals surface area (Å²) >= 11 is 1.36. The Labute approximate surface area is 118 Å². The monoisotopic (exact) mass is 289 g/mol. The van der Waals surface area contributed by atoms with Crippen molar-refractivity contribution in [1.29, 1.82) is 0 Å². The molecule has 0 aliphatic rings. The molecule has 102 valence electrons. The fourth-order valence-electron chi connectivity index (χ4n) is 1.48. The summed E-state index contributed by atoms with van der Waals surface area (Å²) in [6.07, 6.45) is 4.60. The number of thiazole rings is 1. The van der Waals surface area contributed by atoms with Crippen LogP contribution in [0.5, 0.6) is 0 Å². The van der Waals surface area contributed by atoms with Crippen LogP contribution in [0.4, 0.5) is 5.69 Å². The van der Waals surface area contributed by atoms with E-state index < -0.39 is 10.8 Å². The third kappa shape index (κ3) is 3.48. The van der Waals surface area contributed by atoms with Crippen LogP contribution in [0.2, 0.25) is 0 Å². The van der Waals surface area contributed by atoms with E-state index in [9.17, 15) is 14.9 Å². The minimum atomic E-state index is -0.477. The lowest BCUT2D eigenvalue weighted by atomic mass is 10.2. The fraction of sp³-hybridized carbons (Fsp3) is 0.0769. The number of nitro groups is 1. The average molecular weight is 289 g/mol. The molecular weight excluding hydrogens is 278 g/mol. The topological polar surface area (TPSA) is 77.5 Å². The Morgan fingerprint density at radius 2 is 2.30 bits per heavy atom. The van der Waals surface area contributed by atoms with E-state index in [1.165, 1.54) is 35.6 Å². The molecule has 0 fully saturated rings. The zero-order chi connectivity index (χ0) is 14.5. The SMILES string of the molecule is Cn1ccsc1=NC(=O)/C=C/c1cccc([N+](=O)[O-])c1. The van der Waals surface area contributed by atoms with Gasteiger partial charge in [0.05, 0.1) is 4.92 Å².